The summed E-state index contributed by atoms with van der Waals surface area (Å²) >= 11 is 6.41. The molecule has 0 radical (unpaired) electrons. The predicted molar refractivity (Wildman–Crippen MR) is 32.0 cm³/mol. The summed E-state index contributed by atoms with van der Waals surface area (Å²) in [5.41, 5.74) is 0. The summed E-state index contributed by atoms with van der Waals surface area (Å²) in [4.78, 5) is 0. The minimum absolute atomic E-state index is 1.02. The van der Waals surface area contributed by atoms with E-state index in [1.165, 1.54) is 0 Å². The maximum absolute atomic E-state index is 4.72. The van der Waals surface area contributed by atoms with Gasteiger partial charge in [-0.05, 0) is 0 Å². The molecule has 4 heteroatoms. The van der Waals surface area contributed by atoms with Gasteiger partial charge in [0.2, 0.25) is 0 Å². The van der Waals surface area contributed by atoms with Crippen LogP contribution < -0.4 is 0 Å². The van der Waals surface area contributed by atoms with Crippen LogP contribution in [0.4, 0.5) is 0 Å². The van der Waals surface area contributed by atoms with Crippen molar-refractivity contribution in [2.45, 2.75) is 0 Å². The molecule has 0 aromatic carbocycles. The van der Waals surface area contributed by atoms with E-state index in [1.807, 2.05) is 0 Å². The molecule has 0 saturated carbocycles. The summed E-state index contributed by atoms with van der Waals surface area (Å²) in [6, 6.07) is 0. The Morgan fingerprint density at radius 2 is 1.80 bits per heavy atom. The Bertz CT molecular complexity index is 23.6. The third-order valence-corrected chi connectivity index (χ3v) is 2.78. The van der Waals surface area contributed by atoms with Crippen LogP contribution in [0.25, 0.3) is 0 Å². The molecule has 0 aromatic heterocycles. The van der Waals surface area contributed by atoms with E-state index >= 15 is 0 Å². The van der Waals surface area contributed by atoms with E-state index in [4.69, 9.17) is 4.43 Å². The lowest BCUT2D eigenvalue weighted by molar-refractivity contribution is 0.453. The minimum Gasteiger partial charge on any atom is -0.404 e. The Balaban J connectivity index is 2.54. The summed E-state index contributed by atoms with van der Waals surface area (Å²) in [6.45, 7) is 0. The number of hydrogen-bond donors (Lipinski definition) is 0. The molecule has 0 bridgehead atoms. The third-order valence-electron chi connectivity index (χ3n) is 0.178. The standard InChI is InChI=1S/CH4Br2OSi/c1-4-5(2)3/h5H,1H3. The summed E-state index contributed by atoms with van der Waals surface area (Å²) in [6.07, 6.45) is -1.02. The smallest absolute Gasteiger partial charge is 0.319 e. The molecule has 0 N–H and O–H groups in total. The summed E-state index contributed by atoms with van der Waals surface area (Å²) < 4.78 is 4.72. The predicted octanol–water partition coefficient (Wildman–Crippen LogP) is 1.14. The average Bonchev–Trinajstić information content (AvgIpc) is 1.38. The van der Waals surface area contributed by atoms with Crippen molar-refractivity contribution >= 4 is 36.9 Å². The van der Waals surface area contributed by atoms with Crippen molar-refractivity contribution in [3.8, 4) is 0 Å². The first-order valence-corrected chi connectivity index (χ1v) is 7.92. The summed E-state index contributed by atoms with van der Waals surface area (Å²) in [5, 5.41) is 0. The zero-order valence-corrected chi connectivity index (χ0v) is 7.07. The molecule has 0 spiro atoms. The highest BCUT2D eigenvalue weighted by molar-refractivity contribution is 9.48. The first kappa shape index (κ1) is 6.14. The highest BCUT2D eigenvalue weighted by Crippen LogP contribution is 1.99. The van der Waals surface area contributed by atoms with E-state index in [9.17, 15) is 0 Å². The quantitative estimate of drug-likeness (QED) is 0.475. The fraction of sp³-hybridized carbons (Fsp3) is 1.00. The van der Waals surface area contributed by atoms with Crippen LogP contribution in [0.1, 0.15) is 0 Å². The van der Waals surface area contributed by atoms with E-state index < -0.39 is 6.28 Å². The first-order chi connectivity index (χ1) is 2.27. The van der Waals surface area contributed by atoms with Gasteiger partial charge in [-0.15, -0.1) is 0 Å². The van der Waals surface area contributed by atoms with Gasteiger partial charge >= 0.3 is 6.28 Å². The first-order valence-electron chi connectivity index (χ1n) is 1.08. The lowest BCUT2D eigenvalue weighted by atomic mass is 11.8. The van der Waals surface area contributed by atoms with Crippen LogP contribution in [0.3, 0.4) is 0 Å². The molecule has 0 rings (SSSR count). The Hall–Kier alpha value is 1.14. The summed E-state index contributed by atoms with van der Waals surface area (Å²) in [7, 11) is 1.67. The van der Waals surface area contributed by atoms with Crippen LogP contribution in [0.15, 0.2) is 0 Å². The van der Waals surface area contributed by atoms with Gasteiger partial charge in [0, 0.05) is 7.11 Å². The topological polar surface area (TPSA) is 9.23 Å². The van der Waals surface area contributed by atoms with Crippen molar-refractivity contribution in [1.29, 1.82) is 0 Å². The molecule has 32 valence electrons. The van der Waals surface area contributed by atoms with Gasteiger partial charge in [0.1, 0.15) is 0 Å². The van der Waals surface area contributed by atoms with Gasteiger partial charge in [-0.3, -0.25) is 0 Å². The molecule has 0 atom stereocenters. The van der Waals surface area contributed by atoms with Crippen molar-refractivity contribution in [3.05, 3.63) is 0 Å². The van der Waals surface area contributed by atoms with E-state index in [-0.39, 0.29) is 0 Å². The Kier molecular flexibility index (Phi) is 4.09. The molecule has 0 heterocycles. The van der Waals surface area contributed by atoms with E-state index in [1.54, 1.807) is 7.11 Å². The van der Waals surface area contributed by atoms with Crippen LogP contribution in [0.5, 0.6) is 0 Å². The SMILES string of the molecule is CO[SiH](Br)Br. The van der Waals surface area contributed by atoms with Crippen molar-refractivity contribution in [3.63, 3.8) is 0 Å². The second-order valence-corrected chi connectivity index (χ2v) is 10.2. The van der Waals surface area contributed by atoms with Crippen LogP contribution in [-0.2, 0) is 4.43 Å². The molecule has 1 nitrogen and oxygen atoms in total. The van der Waals surface area contributed by atoms with Crippen LogP contribution >= 0.6 is 30.6 Å². The highest BCUT2D eigenvalue weighted by Gasteiger charge is 1.90. The molecule has 0 aliphatic rings. The second-order valence-electron chi connectivity index (χ2n) is 0.496. The van der Waals surface area contributed by atoms with Gasteiger partial charge in [0.25, 0.3) is 0 Å². The van der Waals surface area contributed by atoms with Crippen LogP contribution in [-0.4, -0.2) is 13.4 Å². The largest absolute Gasteiger partial charge is 0.404 e. The van der Waals surface area contributed by atoms with Gasteiger partial charge in [-0.1, -0.05) is 30.6 Å². The zero-order chi connectivity index (χ0) is 4.28. The monoisotopic (exact) mass is 218 g/mol. The number of halogens is 2. The molecule has 0 amide bonds. The maximum Gasteiger partial charge on any atom is 0.319 e. The van der Waals surface area contributed by atoms with Crippen molar-refractivity contribution in [2.24, 2.45) is 0 Å². The Labute approximate surface area is 48.6 Å². The van der Waals surface area contributed by atoms with E-state index in [2.05, 4.69) is 30.6 Å². The fourth-order valence-electron chi connectivity index (χ4n) is 0. The molecular weight excluding hydrogens is 216 g/mol. The normalized spacial score (nSPS) is 9.60. The van der Waals surface area contributed by atoms with Crippen molar-refractivity contribution < 1.29 is 4.43 Å². The Morgan fingerprint density at radius 3 is 1.80 bits per heavy atom. The number of hydrogen-bond acceptors (Lipinski definition) is 1. The highest BCUT2D eigenvalue weighted by atomic mass is 79.9. The molecule has 0 saturated heterocycles. The molecule has 0 aliphatic carbocycles. The van der Waals surface area contributed by atoms with Crippen LogP contribution in [0, 0.1) is 0 Å². The zero-order valence-electron chi connectivity index (χ0n) is 2.74. The molecule has 0 aromatic rings. The lowest BCUT2D eigenvalue weighted by Crippen LogP contribution is -1.91. The maximum atomic E-state index is 4.72. The number of rotatable bonds is 1. The third kappa shape index (κ3) is 5.14. The Morgan fingerprint density at radius 1 is 1.60 bits per heavy atom. The van der Waals surface area contributed by atoms with Gasteiger partial charge in [-0.25, -0.2) is 0 Å². The molecule has 0 fully saturated rings. The van der Waals surface area contributed by atoms with Crippen LogP contribution in [0.2, 0.25) is 0 Å². The van der Waals surface area contributed by atoms with Crippen molar-refractivity contribution in [2.75, 3.05) is 7.11 Å². The minimum atomic E-state index is -1.02. The fourth-order valence-corrected chi connectivity index (χ4v) is 0. The molecule has 0 unspecified atom stereocenters. The van der Waals surface area contributed by atoms with Gasteiger partial charge < -0.3 is 4.43 Å². The van der Waals surface area contributed by atoms with Gasteiger partial charge in [0.15, 0.2) is 0 Å². The van der Waals surface area contributed by atoms with Crippen molar-refractivity contribution in [1.82, 2.24) is 0 Å². The van der Waals surface area contributed by atoms with E-state index in [0.717, 1.165) is 0 Å². The lowest BCUT2D eigenvalue weighted by Gasteiger charge is -1.87. The second kappa shape index (κ2) is 3.33. The molecular formula is CH4Br2OSi. The average molecular weight is 220 g/mol. The van der Waals surface area contributed by atoms with E-state index in [0.29, 0.717) is 0 Å². The molecule has 0 aliphatic heterocycles. The van der Waals surface area contributed by atoms with Gasteiger partial charge in [-0.2, -0.15) is 0 Å². The van der Waals surface area contributed by atoms with Gasteiger partial charge in [0.05, 0.1) is 0 Å². The summed E-state index contributed by atoms with van der Waals surface area (Å²) in [5.74, 6) is 0. The molecule has 5 heavy (non-hydrogen) atoms.